The van der Waals surface area contributed by atoms with Crippen LogP contribution < -0.4 is 11.1 Å². The Morgan fingerprint density at radius 2 is 2.33 bits per heavy atom. The lowest BCUT2D eigenvalue weighted by Gasteiger charge is -1.96. The number of aryl methyl sites for hydroxylation is 2. The third-order valence-corrected chi connectivity index (χ3v) is 1.90. The highest BCUT2D eigenvalue weighted by Gasteiger charge is 2.08. The summed E-state index contributed by atoms with van der Waals surface area (Å²) in [5.74, 6) is 0.402. The molecule has 0 fully saturated rings. The highest BCUT2D eigenvalue weighted by Crippen LogP contribution is 2.17. The summed E-state index contributed by atoms with van der Waals surface area (Å²) in [6, 6.07) is 0.326. The average Bonchev–Trinajstić information content (AvgIpc) is 2.75. The number of hydrogen-bond donors (Lipinski definition) is 2. The smallest absolute Gasteiger partial charge is 0.320 e. The standard InChI is InChI=1S/C8H12N6O/c1-5-6(4-14(2)13-5)10-8-12-11-7(3-9)15-8/h4H,3,9H2,1-2H3,(H,10,12). The van der Waals surface area contributed by atoms with E-state index in [1.165, 1.54) is 0 Å². The van der Waals surface area contributed by atoms with Gasteiger partial charge in [-0.15, -0.1) is 5.10 Å². The largest absolute Gasteiger partial charge is 0.406 e. The van der Waals surface area contributed by atoms with Gasteiger partial charge in [0.15, 0.2) is 0 Å². The fourth-order valence-electron chi connectivity index (χ4n) is 1.22. The van der Waals surface area contributed by atoms with Crippen LogP contribution in [0.1, 0.15) is 11.6 Å². The van der Waals surface area contributed by atoms with Crippen LogP contribution in [0.2, 0.25) is 0 Å². The van der Waals surface area contributed by atoms with Gasteiger partial charge in [-0.05, 0) is 6.92 Å². The fourth-order valence-corrected chi connectivity index (χ4v) is 1.22. The van der Waals surface area contributed by atoms with Crippen LogP contribution in [0.15, 0.2) is 10.6 Å². The summed E-state index contributed by atoms with van der Waals surface area (Å²) < 4.78 is 6.91. The maximum absolute atomic E-state index is 5.35. The first-order chi connectivity index (χ1) is 7.19. The molecule has 15 heavy (non-hydrogen) atoms. The molecule has 2 aromatic heterocycles. The van der Waals surface area contributed by atoms with Crippen molar-refractivity contribution in [2.75, 3.05) is 5.32 Å². The molecule has 0 bridgehead atoms. The van der Waals surface area contributed by atoms with E-state index in [2.05, 4.69) is 20.6 Å². The third-order valence-electron chi connectivity index (χ3n) is 1.90. The summed E-state index contributed by atoms with van der Waals surface area (Å²) in [5.41, 5.74) is 7.05. The quantitative estimate of drug-likeness (QED) is 0.754. The maximum atomic E-state index is 5.35. The monoisotopic (exact) mass is 208 g/mol. The van der Waals surface area contributed by atoms with E-state index < -0.39 is 0 Å². The molecule has 2 heterocycles. The number of rotatable bonds is 3. The van der Waals surface area contributed by atoms with Crippen molar-refractivity contribution in [2.45, 2.75) is 13.5 Å². The van der Waals surface area contributed by atoms with E-state index in [0.29, 0.717) is 11.9 Å². The van der Waals surface area contributed by atoms with Gasteiger partial charge in [0.05, 0.1) is 17.9 Å². The lowest BCUT2D eigenvalue weighted by molar-refractivity contribution is 0.511. The van der Waals surface area contributed by atoms with Crippen molar-refractivity contribution in [3.05, 3.63) is 17.8 Å². The topological polar surface area (TPSA) is 94.8 Å². The van der Waals surface area contributed by atoms with E-state index in [1.807, 2.05) is 20.2 Å². The van der Waals surface area contributed by atoms with Gasteiger partial charge < -0.3 is 15.5 Å². The zero-order valence-corrected chi connectivity index (χ0v) is 8.56. The van der Waals surface area contributed by atoms with Crippen LogP contribution in [0.25, 0.3) is 0 Å². The molecule has 0 aromatic carbocycles. The minimum atomic E-state index is 0.237. The van der Waals surface area contributed by atoms with Crippen LogP contribution in [0.5, 0.6) is 0 Å². The van der Waals surface area contributed by atoms with Crippen LogP contribution in [-0.4, -0.2) is 20.0 Å². The summed E-state index contributed by atoms with van der Waals surface area (Å²) in [4.78, 5) is 0. The molecule has 0 spiro atoms. The van der Waals surface area contributed by atoms with Crippen LogP contribution in [0.4, 0.5) is 11.7 Å². The number of anilines is 2. The first-order valence-electron chi connectivity index (χ1n) is 4.48. The van der Waals surface area contributed by atoms with Crippen molar-refractivity contribution in [3.63, 3.8) is 0 Å². The second-order valence-corrected chi connectivity index (χ2v) is 3.13. The van der Waals surface area contributed by atoms with Crippen LogP contribution in [0.3, 0.4) is 0 Å². The first kappa shape index (κ1) is 9.66. The molecule has 0 aliphatic heterocycles. The van der Waals surface area contributed by atoms with E-state index in [0.717, 1.165) is 11.4 Å². The summed E-state index contributed by atoms with van der Waals surface area (Å²) in [7, 11) is 1.84. The summed E-state index contributed by atoms with van der Waals surface area (Å²) in [6.45, 7) is 2.13. The molecule has 7 nitrogen and oxygen atoms in total. The van der Waals surface area contributed by atoms with Crippen LogP contribution >= 0.6 is 0 Å². The van der Waals surface area contributed by atoms with Gasteiger partial charge in [-0.2, -0.15) is 5.10 Å². The SMILES string of the molecule is Cc1nn(C)cc1Nc1nnc(CN)o1. The number of aromatic nitrogens is 4. The van der Waals surface area contributed by atoms with Gasteiger partial charge in [-0.25, -0.2) is 0 Å². The molecule has 0 amide bonds. The zero-order chi connectivity index (χ0) is 10.8. The van der Waals surface area contributed by atoms with Crippen molar-refractivity contribution < 1.29 is 4.42 Å². The Morgan fingerprint density at radius 1 is 1.53 bits per heavy atom. The number of nitrogens with zero attached hydrogens (tertiary/aromatic N) is 4. The summed E-state index contributed by atoms with van der Waals surface area (Å²) in [5, 5.41) is 14.7. The molecular formula is C8H12N6O. The number of nitrogens with two attached hydrogens (primary N) is 1. The maximum Gasteiger partial charge on any atom is 0.320 e. The molecule has 7 heteroatoms. The minimum absolute atomic E-state index is 0.237. The van der Waals surface area contributed by atoms with Crippen molar-refractivity contribution >= 4 is 11.7 Å². The van der Waals surface area contributed by atoms with Gasteiger partial charge >= 0.3 is 6.01 Å². The van der Waals surface area contributed by atoms with Gasteiger partial charge in [0, 0.05) is 13.2 Å². The van der Waals surface area contributed by atoms with Crippen LogP contribution in [0, 0.1) is 6.92 Å². The van der Waals surface area contributed by atoms with Crippen molar-refractivity contribution in [1.29, 1.82) is 0 Å². The average molecular weight is 208 g/mol. The van der Waals surface area contributed by atoms with Crippen molar-refractivity contribution in [2.24, 2.45) is 12.8 Å². The molecular weight excluding hydrogens is 196 g/mol. The second kappa shape index (κ2) is 3.70. The Morgan fingerprint density at radius 3 is 2.87 bits per heavy atom. The third kappa shape index (κ3) is 1.96. The Balaban J connectivity index is 2.17. The number of nitrogens with one attached hydrogen (secondary N) is 1. The Kier molecular flexibility index (Phi) is 2.38. The van der Waals surface area contributed by atoms with E-state index in [4.69, 9.17) is 10.2 Å². The van der Waals surface area contributed by atoms with E-state index >= 15 is 0 Å². The minimum Gasteiger partial charge on any atom is -0.406 e. The van der Waals surface area contributed by atoms with E-state index in [1.54, 1.807) is 4.68 Å². The molecule has 0 saturated carbocycles. The summed E-state index contributed by atoms with van der Waals surface area (Å²) in [6.07, 6.45) is 1.83. The van der Waals surface area contributed by atoms with Gasteiger partial charge in [-0.1, -0.05) is 5.10 Å². The van der Waals surface area contributed by atoms with Crippen molar-refractivity contribution in [1.82, 2.24) is 20.0 Å². The van der Waals surface area contributed by atoms with Gasteiger partial charge in [0.1, 0.15) is 0 Å². The van der Waals surface area contributed by atoms with Gasteiger partial charge in [0.25, 0.3) is 0 Å². The highest BCUT2D eigenvalue weighted by atomic mass is 16.4. The number of hydrogen-bond acceptors (Lipinski definition) is 6. The molecule has 2 aromatic rings. The Labute approximate surface area is 86.3 Å². The lowest BCUT2D eigenvalue weighted by atomic mass is 10.4. The predicted molar refractivity (Wildman–Crippen MR) is 53.4 cm³/mol. The summed E-state index contributed by atoms with van der Waals surface area (Å²) >= 11 is 0. The molecule has 3 N–H and O–H groups in total. The first-order valence-corrected chi connectivity index (χ1v) is 4.48. The normalized spacial score (nSPS) is 10.6. The second-order valence-electron chi connectivity index (χ2n) is 3.13. The molecule has 0 unspecified atom stereocenters. The lowest BCUT2D eigenvalue weighted by Crippen LogP contribution is -1.95. The Bertz CT molecular complexity index is 459. The molecule has 0 atom stereocenters. The molecule has 2 rings (SSSR count). The fraction of sp³-hybridized carbons (Fsp3) is 0.375. The molecule has 0 saturated heterocycles. The Hall–Kier alpha value is -1.89. The van der Waals surface area contributed by atoms with E-state index in [9.17, 15) is 0 Å². The highest BCUT2D eigenvalue weighted by molar-refractivity contribution is 5.53. The predicted octanol–water partition coefficient (Wildman–Crippen LogP) is 0.314. The molecule has 0 aliphatic rings. The molecule has 0 radical (unpaired) electrons. The molecule has 0 aliphatic carbocycles. The molecule has 80 valence electrons. The van der Waals surface area contributed by atoms with Gasteiger partial charge in [-0.3, -0.25) is 4.68 Å². The van der Waals surface area contributed by atoms with Gasteiger partial charge in [0.2, 0.25) is 5.89 Å². The van der Waals surface area contributed by atoms with Crippen LogP contribution in [-0.2, 0) is 13.6 Å². The van der Waals surface area contributed by atoms with E-state index in [-0.39, 0.29) is 6.54 Å². The van der Waals surface area contributed by atoms with Crippen molar-refractivity contribution in [3.8, 4) is 0 Å². The zero-order valence-electron chi connectivity index (χ0n) is 8.56.